The van der Waals surface area contributed by atoms with Crippen LogP contribution < -0.4 is 5.73 Å². The third-order valence-electron chi connectivity index (χ3n) is 2.83. The fraction of sp³-hybridized carbons (Fsp3) is 0.0769. The van der Waals surface area contributed by atoms with Gasteiger partial charge in [-0.05, 0) is 30.7 Å². The number of hydrogen-bond acceptors (Lipinski definition) is 3. The van der Waals surface area contributed by atoms with Gasteiger partial charge in [-0.3, -0.25) is 4.57 Å². The molecule has 0 bridgehead atoms. The number of nitrogens with zero attached hydrogens (tertiary/aromatic N) is 3. The van der Waals surface area contributed by atoms with Crippen molar-refractivity contribution < 1.29 is 8.78 Å². The van der Waals surface area contributed by atoms with Gasteiger partial charge < -0.3 is 5.73 Å². The molecule has 0 saturated carbocycles. The number of nitrogen functional groups attached to an aromatic ring is 1. The molecule has 0 atom stereocenters. The van der Waals surface area contributed by atoms with Crippen LogP contribution in [-0.4, -0.2) is 14.5 Å². The number of pyridine rings is 1. The molecular weight excluding hydrogens is 250 g/mol. The molecule has 1 aromatic carbocycles. The fourth-order valence-electron chi connectivity index (χ4n) is 1.99. The summed E-state index contributed by atoms with van der Waals surface area (Å²) in [6.07, 6.45) is 1.62. The zero-order valence-electron chi connectivity index (χ0n) is 10.1. The highest BCUT2D eigenvalue weighted by Crippen LogP contribution is 2.24. The molecule has 4 nitrogen and oxygen atoms in total. The van der Waals surface area contributed by atoms with Crippen molar-refractivity contribution in [1.82, 2.24) is 14.5 Å². The second-order valence-electron chi connectivity index (χ2n) is 4.23. The minimum absolute atomic E-state index is 0.00338. The van der Waals surface area contributed by atoms with E-state index < -0.39 is 11.6 Å². The van der Waals surface area contributed by atoms with Crippen molar-refractivity contribution in [2.45, 2.75) is 6.92 Å². The third-order valence-corrected chi connectivity index (χ3v) is 2.83. The first-order valence-electron chi connectivity index (χ1n) is 5.63. The van der Waals surface area contributed by atoms with Crippen molar-refractivity contribution in [2.75, 3.05) is 5.73 Å². The van der Waals surface area contributed by atoms with Gasteiger partial charge in [0, 0.05) is 6.20 Å². The van der Waals surface area contributed by atoms with Crippen LogP contribution in [-0.2, 0) is 0 Å². The van der Waals surface area contributed by atoms with E-state index in [9.17, 15) is 8.78 Å². The Morgan fingerprint density at radius 3 is 2.84 bits per heavy atom. The van der Waals surface area contributed by atoms with E-state index in [1.165, 1.54) is 16.7 Å². The number of benzene rings is 1. The van der Waals surface area contributed by atoms with E-state index in [4.69, 9.17) is 5.73 Å². The fourth-order valence-corrected chi connectivity index (χ4v) is 1.99. The highest BCUT2D eigenvalue weighted by molar-refractivity contribution is 5.77. The van der Waals surface area contributed by atoms with Crippen molar-refractivity contribution in [3.8, 4) is 5.69 Å². The van der Waals surface area contributed by atoms with Crippen molar-refractivity contribution in [3.05, 3.63) is 47.7 Å². The van der Waals surface area contributed by atoms with E-state index in [1.54, 1.807) is 12.3 Å². The Morgan fingerprint density at radius 2 is 2.05 bits per heavy atom. The molecule has 0 aliphatic carbocycles. The molecule has 0 aliphatic rings. The Bertz CT molecular complexity index is 780. The lowest BCUT2D eigenvalue weighted by Crippen LogP contribution is -2.05. The Balaban J connectivity index is 2.36. The molecule has 0 radical (unpaired) electrons. The van der Waals surface area contributed by atoms with Gasteiger partial charge in [-0.15, -0.1) is 0 Å². The molecule has 2 heterocycles. The molecule has 96 valence electrons. The maximum Gasteiger partial charge on any atom is 0.207 e. The molecule has 0 amide bonds. The van der Waals surface area contributed by atoms with Gasteiger partial charge in [0.2, 0.25) is 5.95 Å². The molecular formula is C13H10F2N4. The first-order valence-corrected chi connectivity index (χ1v) is 5.63. The van der Waals surface area contributed by atoms with Crippen LogP contribution in [0.15, 0.2) is 30.5 Å². The van der Waals surface area contributed by atoms with E-state index in [-0.39, 0.29) is 11.6 Å². The van der Waals surface area contributed by atoms with Gasteiger partial charge >= 0.3 is 0 Å². The first-order chi connectivity index (χ1) is 9.08. The van der Waals surface area contributed by atoms with Gasteiger partial charge in [-0.2, -0.15) is 0 Å². The lowest BCUT2D eigenvalue weighted by molar-refractivity contribution is 0.505. The Morgan fingerprint density at radius 1 is 1.26 bits per heavy atom. The summed E-state index contributed by atoms with van der Waals surface area (Å²) in [5, 5.41) is 0. The average Bonchev–Trinajstić information content (AvgIpc) is 2.68. The molecule has 2 N–H and O–H groups in total. The molecule has 0 fully saturated rings. The van der Waals surface area contributed by atoms with E-state index in [0.29, 0.717) is 11.2 Å². The summed E-state index contributed by atoms with van der Waals surface area (Å²) in [4.78, 5) is 8.29. The van der Waals surface area contributed by atoms with Crippen molar-refractivity contribution >= 4 is 17.1 Å². The van der Waals surface area contributed by atoms with Crippen LogP contribution in [0.3, 0.4) is 0 Å². The van der Waals surface area contributed by atoms with Gasteiger partial charge in [0.25, 0.3) is 0 Å². The SMILES string of the molecule is Cc1cnc2c(c1)nc(N)n2-c1cccc(F)c1F. The van der Waals surface area contributed by atoms with Gasteiger partial charge in [0.1, 0.15) is 5.52 Å². The molecule has 6 heteroatoms. The van der Waals surface area contributed by atoms with Crippen molar-refractivity contribution in [3.63, 3.8) is 0 Å². The largest absolute Gasteiger partial charge is 0.369 e. The minimum atomic E-state index is -0.976. The summed E-state index contributed by atoms with van der Waals surface area (Å²) in [7, 11) is 0. The quantitative estimate of drug-likeness (QED) is 0.731. The molecule has 0 unspecified atom stereocenters. The van der Waals surface area contributed by atoms with Crippen LogP contribution in [0.2, 0.25) is 0 Å². The van der Waals surface area contributed by atoms with Crippen LogP contribution in [0.5, 0.6) is 0 Å². The topological polar surface area (TPSA) is 56.7 Å². The molecule has 0 saturated heterocycles. The standard InChI is InChI=1S/C13H10F2N4/c1-7-5-9-12(17-6-7)19(13(16)18-9)10-4-2-3-8(14)11(10)15/h2-6H,1H3,(H2,16,18). The summed E-state index contributed by atoms with van der Waals surface area (Å²) >= 11 is 0. The number of rotatable bonds is 1. The lowest BCUT2D eigenvalue weighted by atomic mass is 10.2. The summed E-state index contributed by atoms with van der Waals surface area (Å²) < 4.78 is 28.4. The monoisotopic (exact) mass is 260 g/mol. The molecule has 0 aliphatic heterocycles. The van der Waals surface area contributed by atoms with E-state index >= 15 is 0 Å². The number of hydrogen-bond donors (Lipinski definition) is 1. The summed E-state index contributed by atoms with van der Waals surface area (Å²) in [5.74, 6) is -1.85. The van der Waals surface area contributed by atoms with E-state index in [2.05, 4.69) is 9.97 Å². The predicted molar refractivity (Wildman–Crippen MR) is 67.9 cm³/mol. The van der Waals surface area contributed by atoms with E-state index in [1.807, 2.05) is 6.92 Å². The van der Waals surface area contributed by atoms with Gasteiger partial charge in [0.05, 0.1) is 5.69 Å². The van der Waals surface area contributed by atoms with Crippen molar-refractivity contribution in [2.24, 2.45) is 0 Å². The number of halogens is 2. The number of anilines is 1. The molecule has 2 aromatic heterocycles. The van der Waals surface area contributed by atoms with Crippen LogP contribution in [0.1, 0.15) is 5.56 Å². The highest BCUT2D eigenvalue weighted by atomic mass is 19.2. The second kappa shape index (κ2) is 4.01. The van der Waals surface area contributed by atoms with Gasteiger partial charge in [0.15, 0.2) is 17.3 Å². The summed E-state index contributed by atoms with van der Waals surface area (Å²) in [6, 6.07) is 5.67. The number of nitrogens with two attached hydrogens (primary N) is 1. The highest BCUT2D eigenvalue weighted by Gasteiger charge is 2.16. The number of aromatic nitrogens is 3. The maximum atomic E-state index is 13.8. The number of aryl methyl sites for hydroxylation is 1. The van der Waals surface area contributed by atoms with Crippen LogP contribution >= 0.6 is 0 Å². The van der Waals surface area contributed by atoms with Gasteiger partial charge in [-0.1, -0.05) is 6.07 Å². The second-order valence-corrected chi connectivity index (χ2v) is 4.23. The summed E-state index contributed by atoms with van der Waals surface area (Å²) in [5.41, 5.74) is 7.63. The van der Waals surface area contributed by atoms with Crippen LogP contribution in [0.4, 0.5) is 14.7 Å². The smallest absolute Gasteiger partial charge is 0.207 e. The zero-order chi connectivity index (χ0) is 13.6. The predicted octanol–water partition coefficient (Wildman–Crippen LogP) is 2.59. The first kappa shape index (κ1) is 11.6. The number of fused-ring (bicyclic) bond motifs is 1. The molecule has 19 heavy (non-hydrogen) atoms. The third kappa shape index (κ3) is 1.72. The Labute approximate surface area is 107 Å². The molecule has 0 spiro atoms. The maximum absolute atomic E-state index is 13.8. The number of imidazole rings is 1. The molecule has 3 aromatic rings. The molecule has 3 rings (SSSR count). The normalized spacial score (nSPS) is 11.1. The summed E-state index contributed by atoms with van der Waals surface area (Å²) in [6.45, 7) is 1.87. The van der Waals surface area contributed by atoms with Crippen LogP contribution in [0, 0.1) is 18.6 Å². The van der Waals surface area contributed by atoms with Crippen LogP contribution in [0.25, 0.3) is 16.9 Å². The minimum Gasteiger partial charge on any atom is -0.369 e. The zero-order valence-corrected chi connectivity index (χ0v) is 10.1. The average molecular weight is 260 g/mol. The van der Waals surface area contributed by atoms with Gasteiger partial charge in [-0.25, -0.2) is 18.7 Å². The lowest BCUT2D eigenvalue weighted by Gasteiger charge is -2.07. The Hall–Kier alpha value is -2.50. The Kier molecular flexibility index (Phi) is 2.45. The van der Waals surface area contributed by atoms with E-state index in [0.717, 1.165) is 11.6 Å². The van der Waals surface area contributed by atoms with Crippen molar-refractivity contribution in [1.29, 1.82) is 0 Å².